The van der Waals surface area contributed by atoms with Gasteiger partial charge in [-0.15, -0.1) is 0 Å². The zero-order valence-electron chi connectivity index (χ0n) is 19.9. The number of hydrogen-bond donors (Lipinski definition) is 1. The van der Waals surface area contributed by atoms with E-state index < -0.39 is 10.7 Å². The molecule has 1 fully saturated rings. The molecule has 0 aliphatic carbocycles. The van der Waals surface area contributed by atoms with Crippen LogP contribution >= 0.6 is 23.8 Å². The average Bonchev–Trinajstić information content (AvgIpc) is 3.15. The minimum Gasteiger partial charge on any atom is -0.492 e. The van der Waals surface area contributed by atoms with Crippen LogP contribution in [-0.4, -0.2) is 33.5 Å². The summed E-state index contributed by atoms with van der Waals surface area (Å²) >= 11 is 2.06. The Morgan fingerprint density at radius 2 is 1.83 bits per heavy atom. The van der Waals surface area contributed by atoms with Crippen molar-refractivity contribution in [3.63, 3.8) is 0 Å². The van der Waals surface area contributed by atoms with Gasteiger partial charge in [-0.3, -0.25) is 19.9 Å². The van der Waals surface area contributed by atoms with Gasteiger partial charge in [0.2, 0.25) is 5.91 Å². The number of ether oxygens (including phenoxy) is 1. The van der Waals surface area contributed by atoms with Crippen molar-refractivity contribution in [1.29, 1.82) is 0 Å². The van der Waals surface area contributed by atoms with Gasteiger partial charge in [0, 0.05) is 11.9 Å². The lowest BCUT2D eigenvalue weighted by Crippen LogP contribution is -2.35. The van der Waals surface area contributed by atoms with E-state index in [1.165, 1.54) is 0 Å². The fourth-order valence-corrected chi connectivity index (χ4v) is 5.23. The summed E-state index contributed by atoms with van der Waals surface area (Å²) < 4.78 is 10.7. The van der Waals surface area contributed by atoms with E-state index in [-0.39, 0.29) is 23.0 Å². The Labute approximate surface area is 218 Å². The molecule has 9 heteroatoms. The molecule has 1 aliphatic rings. The standard InChI is InChI=1S/C27H26N2O5S2/c1-3-21-12-11-20(16-28-21)23(36-34-24(30)19-7-5-4-6-8-19)17-33-22-13-9-18(10-14-22)15-27(2)25(31)29-26(32)35-27/h4-14,16,23H,3,15,17H2,1-2H3,(H,29,31,32). The van der Waals surface area contributed by atoms with E-state index in [2.05, 4.69) is 10.3 Å². The van der Waals surface area contributed by atoms with E-state index in [0.29, 0.717) is 17.7 Å². The lowest BCUT2D eigenvalue weighted by Gasteiger charge is -2.19. The topological polar surface area (TPSA) is 94.6 Å². The Hall–Kier alpha value is -3.30. The fourth-order valence-electron chi connectivity index (χ4n) is 3.62. The highest BCUT2D eigenvalue weighted by atomic mass is 32.2. The smallest absolute Gasteiger partial charge is 0.350 e. The van der Waals surface area contributed by atoms with Crippen molar-refractivity contribution in [3.8, 4) is 5.75 Å². The quantitative estimate of drug-likeness (QED) is 0.346. The van der Waals surface area contributed by atoms with Crippen LogP contribution in [0.15, 0.2) is 72.9 Å². The Kier molecular flexibility index (Phi) is 8.32. The van der Waals surface area contributed by atoms with E-state index in [9.17, 15) is 14.4 Å². The summed E-state index contributed by atoms with van der Waals surface area (Å²) in [6, 6.07) is 20.2. The molecular weight excluding hydrogens is 496 g/mol. The summed E-state index contributed by atoms with van der Waals surface area (Å²) in [5.74, 6) is -0.0547. The van der Waals surface area contributed by atoms with Gasteiger partial charge in [-0.25, -0.2) is 4.79 Å². The number of rotatable bonds is 10. The Balaban J connectivity index is 1.40. The van der Waals surface area contributed by atoms with Gasteiger partial charge in [0.25, 0.3) is 5.24 Å². The lowest BCUT2D eigenvalue weighted by atomic mass is 9.99. The molecule has 186 valence electrons. The third-order valence-electron chi connectivity index (χ3n) is 5.71. The molecular formula is C27H26N2O5S2. The zero-order valence-corrected chi connectivity index (χ0v) is 21.6. The fraction of sp³-hybridized carbons (Fsp3) is 0.259. The van der Waals surface area contributed by atoms with Gasteiger partial charge < -0.3 is 8.92 Å². The van der Waals surface area contributed by atoms with Crippen molar-refractivity contribution >= 4 is 40.9 Å². The van der Waals surface area contributed by atoms with Crippen molar-refractivity contribution in [2.24, 2.45) is 0 Å². The van der Waals surface area contributed by atoms with Gasteiger partial charge in [0.05, 0.1) is 17.6 Å². The molecule has 4 rings (SSSR count). The number of pyridine rings is 1. The number of amides is 2. The molecule has 0 bridgehead atoms. The maximum atomic E-state index is 12.5. The number of aryl methyl sites for hydroxylation is 1. The van der Waals surface area contributed by atoms with Crippen molar-refractivity contribution in [2.75, 3.05) is 6.61 Å². The summed E-state index contributed by atoms with van der Waals surface area (Å²) in [6.07, 6.45) is 3.04. The number of benzene rings is 2. The molecule has 36 heavy (non-hydrogen) atoms. The van der Waals surface area contributed by atoms with Crippen LogP contribution < -0.4 is 10.1 Å². The Morgan fingerprint density at radius 3 is 2.44 bits per heavy atom. The van der Waals surface area contributed by atoms with Crippen molar-refractivity contribution in [3.05, 3.63) is 95.3 Å². The second-order valence-corrected chi connectivity index (χ2v) is 10.9. The van der Waals surface area contributed by atoms with Crippen LogP contribution in [0.5, 0.6) is 5.75 Å². The molecule has 2 heterocycles. The number of nitrogens with one attached hydrogen (secondary N) is 1. The third-order valence-corrected chi connectivity index (χ3v) is 7.67. The molecule has 1 aliphatic heterocycles. The first-order valence-corrected chi connectivity index (χ1v) is 13.1. The van der Waals surface area contributed by atoms with Crippen LogP contribution in [0.3, 0.4) is 0 Å². The van der Waals surface area contributed by atoms with Crippen LogP contribution in [0.2, 0.25) is 0 Å². The van der Waals surface area contributed by atoms with E-state index in [0.717, 1.165) is 47.0 Å². The molecule has 2 amide bonds. The van der Waals surface area contributed by atoms with Gasteiger partial charge in [-0.2, -0.15) is 0 Å². The Bertz CT molecular complexity index is 1220. The zero-order chi connectivity index (χ0) is 25.5. The summed E-state index contributed by atoms with van der Waals surface area (Å²) in [4.78, 5) is 40.6. The number of carbonyl (C=O) groups is 3. The molecule has 2 aromatic carbocycles. The van der Waals surface area contributed by atoms with E-state index in [4.69, 9.17) is 8.92 Å². The van der Waals surface area contributed by atoms with Crippen LogP contribution in [0.1, 0.15) is 46.3 Å². The highest BCUT2D eigenvalue weighted by molar-refractivity contribution is 8.16. The summed E-state index contributed by atoms with van der Waals surface area (Å²) in [5.41, 5.74) is 3.26. The highest BCUT2D eigenvalue weighted by Gasteiger charge is 2.43. The van der Waals surface area contributed by atoms with E-state index in [1.54, 1.807) is 37.4 Å². The van der Waals surface area contributed by atoms with Crippen LogP contribution in [0.25, 0.3) is 0 Å². The van der Waals surface area contributed by atoms with Crippen LogP contribution in [0, 0.1) is 0 Å². The predicted molar refractivity (Wildman–Crippen MR) is 141 cm³/mol. The monoisotopic (exact) mass is 522 g/mol. The summed E-state index contributed by atoms with van der Waals surface area (Å²) in [6.45, 7) is 4.06. The Morgan fingerprint density at radius 1 is 1.08 bits per heavy atom. The summed E-state index contributed by atoms with van der Waals surface area (Å²) in [5, 5.41) is 1.73. The van der Waals surface area contributed by atoms with Gasteiger partial charge >= 0.3 is 5.97 Å². The largest absolute Gasteiger partial charge is 0.492 e. The molecule has 1 saturated heterocycles. The van der Waals surface area contributed by atoms with Gasteiger partial charge in [0.1, 0.15) is 22.4 Å². The maximum Gasteiger partial charge on any atom is 0.350 e. The lowest BCUT2D eigenvalue weighted by molar-refractivity contribution is -0.121. The first kappa shape index (κ1) is 25.8. The van der Waals surface area contributed by atoms with Gasteiger partial charge in [-0.05, 0) is 73.0 Å². The second kappa shape index (κ2) is 11.6. The van der Waals surface area contributed by atoms with Crippen LogP contribution in [-0.2, 0) is 21.8 Å². The van der Waals surface area contributed by atoms with Crippen molar-refractivity contribution < 1.29 is 23.3 Å². The minimum absolute atomic E-state index is 0.254. The van der Waals surface area contributed by atoms with Crippen molar-refractivity contribution in [2.45, 2.75) is 36.7 Å². The SMILES string of the molecule is CCc1ccc(C(COc2ccc(CC3(C)SC(=O)NC3=O)cc2)SOC(=O)c2ccccc2)cn1. The number of aromatic nitrogens is 1. The highest BCUT2D eigenvalue weighted by Crippen LogP contribution is 2.35. The molecule has 2 atom stereocenters. The molecule has 1 aromatic heterocycles. The minimum atomic E-state index is -0.818. The average molecular weight is 523 g/mol. The predicted octanol–water partition coefficient (Wildman–Crippen LogP) is 5.55. The second-order valence-electron chi connectivity index (χ2n) is 8.46. The van der Waals surface area contributed by atoms with E-state index in [1.807, 2.05) is 49.4 Å². The molecule has 0 spiro atoms. The normalized spacial score (nSPS) is 17.9. The molecule has 3 aromatic rings. The summed E-state index contributed by atoms with van der Waals surface area (Å²) in [7, 11) is 0. The van der Waals surface area contributed by atoms with Gasteiger partial charge in [0.15, 0.2) is 0 Å². The molecule has 7 nitrogen and oxygen atoms in total. The molecule has 0 radical (unpaired) electrons. The number of thioether (sulfide) groups is 1. The first-order chi connectivity index (χ1) is 17.4. The number of imide groups is 1. The molecule has 1 N–H and O–H groups in total. The third kappa shape index (κ3) is 6.47. The number of nitrogens with zero attached hydrogens (tertiary/aromatic N) is 1. The first-order valence-electron chi connectivity index (χ1n) is 11.5. The maximum absolute atomic E-state index is 12.5. The number of hydrogen-bond acceptors (Lipinski definition) is 8. The van der Waals surface area contributed by atoms with Crippen LogP contribution in [0.4, 0.5) is 4.79 Å². The molecule has 2 unspecified atom stereocenters. The van der Waals surface area contributed by atoms with Crippen molar-refractivity contribution in [1.82, 2.24) is 10.3 Å². The molecule has 0 saturated carbocycles. The number of carbonyl (C=O) groups excluding carboxylic acids is 3. The van der Waals surface area contributed by atoms with Gasteiger partial charge in [-0.1, -0.05) is 43.3 Å². The van der Waals surface area contributed by atoms with E-state index >= 15 is 0 Å².